The minimum atomic E-state index is -0.877. The highest BCUT2D eigenvalue weighted by Crippen LogP contribution is 2.29. The van der Waals surface area contributed by atoms with E-state index in [1.165, 1.54) is 23.9 Å². The second-order valence-corrected chi connectivity index (χ2v) is 8.73. The van der Waals surface area contributed by atoms with Gasteiger partial charge in [0, 0.05) is 39.5 Å². The van der Waals surface area contributed by atoms with E-state index in [-0.39, 0.29) is 5.82 Å². The molecule has 4 aromatic rings. The number of carboxylic acid groups (broad SMARTS) is 1. The van der Waals surface area contributed by atoms with Crippen molar-refractivity contribution in [2.45, 2.75) is 23.1 Å². The van der Waals surface area contributed by atoms with E-state index < -0.39 is 11.2 Å². The number of benzene rings is 3. The first-order chi connectivity index (χ1) is 14.5. The number of nitrogens with zero attached hydrogens (tertiary/aromatic N) is 1. The van der Waals surface area contributed by atoms with Crippen LogP contribution in [0.4, 0.5) is 4.39 Å². The smallest absolute Gasteiger partial charge is 0.317 e. The fourth-order valence-corrected chi connectivity index (χ4v) is 4.58. The Labute approximate surface area is 183 Å². The van der Waals surface area contributed by atoms with Crippen LogP contribution in [0.1, 0.15) is 11.3 Å². The second-order valence-electron chi connectivity index (χ2n) is 7.01. The van der Waals surface area contributed by atoms with Gasteiger partial charge in [-0.1, -0.05) is 41.9 Å². The molecule has 0 saturated heterocycles. The number of aliphatic carboxylic acids is 1. The van der Waals surface area contributed by atoms with Gasteiger partial charge in [-0.3, -0.25) is 4.79 Å². The molecule has 0 saturated carbocycles. The van der Waals surface area contributed by atoms with Gasteiger partial charge in [0.05, 0.1) is 0 Å². The molecule has 1 atom stereocenters. The third-order valence-corrected chi connectivity index (χ3v) is 6.34. The van der Waals surface area contributed by atoms with Crippen molar-refractivity contribution in [1.29, 1.82) is 0 Å². The van der Waals surface area contributed by atoms with Crippen LogP contribution in [0, 0.1) is 5.82 Å². The summed E-state index contributed by atoms with van der Waals surface area (Å²) in [4.78, 5) is 12.9. The lowest BCUT2D eigenvalue weighted by molar-refractivity contribution is -0.136. The summed E-state index contributed by atoms with van der Waals surface area (Å²) < 4.78 is 15.9. The van der Waals surface area contributed by atoms with Crippen molar-refractivity contribution in [3.63, 3.8) is 0 Å². The summed E-state index contributed by atoms with van der Waals surface area (Å²) in [6.45, 7) is 0.546. The average molecular weight is 440 g/mol. The summed E-state index contributed by atoms with van der Waals surface area (Å²) in [7, 11) is 0. The Morgan fingerprint density at radius 2 is 1.77 bits per heavy atom. The normalized spacial score (nSPS) is 12.2. The van der Waals surface area contributed by atoms with E-state index in [9.17, 15) is 14.3 Å². The van der Waals surface area contributed by atoms with E-state index in [4.69, 9.17) is 11.6 Å². The first kappa shape index (κ1) is 20.5. The van der Waals surface area contributed by atoms with E-state index in [0.717, 1.165) is 27.1 Å². The van der Waals surface area contributed by atoms with Crippen molar-refractivity contribution in [1.82, 2.24) is 4.57 Å². The van der Waals surface area contributed by atoms with Crippen LogP contribution in [0.25, 0.3) is 10.9 Å². The zero-order chi connectivity index (χ0) is 21.1. The van der Waals surface area contributed by atoms with Gasteiger partial charge in [-0.2, -0.15) is 0 Å². The molecular formula is C24H19ClFNO2S. The Morgan fingerprint density at radius 1 is 1.03 bits per heavy atom. The molecule has 0 fully saturated rings. The number of hydrogen-bond donors (Lipinski definition) is 1. The molecule has 1 N–H and O–H groups in total. The van der Waals surface area contributed by atoms with Crippen molar-refractivity contribution in [2.24, 2.45) is 0 Å². The SMILES string of the molecule is O=C(O)C(Cc1cc2cc(F)ccc2n1Cc1ccc(Cl)cc1)Sc1ccccc1. The van der Waals surface area contributed by atoms with Gasteiger partial charge < -0.3 is 9.67 Å². The predicted molar refractivity (Wildman–Crippen MR) is 120 cm³/mol. The third kappa shape index (κ3) is 4.69. The van der Waals surface area contributed by atoms with Gasteiger partial charge in [-0.05, 0) is 54.1 Å². The van der Waals surface area contributed by atoms with Crippen molar-refractivity contribution in [2.75, 3.05) is 0 Å². The maximum Gasteiger partial charge on any atom is 0.317 e. The topological polar surface area (TPSA) is 42.2 Å². The minimum Gasteiger partial charge on any atom is -0.480 e. The fourth-order valence-electron chi connectivity index (χ4n) is 3.46. The number of thioether (sulfide) groups is 1. The highest BCUT2D eigenvalue weighted by atomic mass is 35.5. The molecule has 1 heterocycles. The Balaban J connectivity index is 1.70. The van der Waals surface area contributed by atoms with Crippen molar-refractivity contribution >= 4 is 40.2 Å². The lowest BCUT2D eigenvalue weighted by Gasteiger charge is -2.16. The van der Waals surface area contributed by atoms with Crippen LogP contribution >= 0.6 is 23.4 Å². The molecular weight excluding hydrogens is 421 g/mol. The van der Waals surface area contributed by atoms with E-state index in [2.05, 4.69) is 4.57 Å². The number of halogens is 2. The Hall–Kier alpha value is -2.76. The Kier molecular flexibility index (Phi) is 6.11. The molecule has 0 spiro atoms. The van der Waals surface area contributed by atoms with Gasteiger partial charge >= 0.3 is 5.97 Å². The van der Waals surface area contributed by atoms with Crippen molar-refractivity contribution < 1.29 is 14.3 Å². The maximum absolute atomic E-state index is 13.8. The highest BCUT2D eigenvalue weighted by molar-refractivity contribution is 8.00. The molecule has 6 heteroatoms. The average Bonchev–Trinajstić information content (AvgIpc) is 3.06. The molecule has 3 aromatic carbocycles. The van der Waals surface area contributed by atoms with Gasteiger partial charge in [0.15, 0.2) is 0 Å². The summed E-state index contributed by atoms with van der Waals surface area (Å²) in [5.41, 5.74) is 2.75. The molecule has 0 aliphatic heterocycles. The number of aromatic nitrogens is 1. The summed E-state index contributed by atoms with van der Waals surface area (Å²) >= 11 is 7.32. The summed E-state index contributed by atoms with van der Waals surface area (Å²) in [5, 5.41) is 10.6. The van der Waals surface area contributed by atoms with Crippen LogP contribution < -0.4 is 0 Å². The molecule has 0 radical (unpaired) electrons. The molecule has 0 aliphatic rings. The van der Waals surface area contributed by atoms with Crippen molar-refractivity contribution in [3.05, 3.63) is 101 Å². The van der Waals surface area contributed by atoms with Gasteiger partial charge in [0.25, 0.3) is 0 Å². The first-order valence-electron chi connectivity index (χ1n) is 9.46. The van der Waals surface area contributed by atoms with Crippen LogP contribution in [-0.4, -0.2) is 20.9 Å². The molecule has 1 unspecified atom stereocenters. The lowest BCUT2D eigenvalue weighted by Crippen LogP contribution is -2.21. The molecule has 3 nitrogen and oxygen atoms in total. The molecule has 0 amide bonds. The van der Waals surface area contributed by atoms with Crippen LogP contribution in [0.15, 0.2) is 83.8 Å². The van der Waals surface area contributed by atoms with Gasteiger partial charge in [-0.25, -0.2) is 4.39 Å². The molecule has 0 bridgehead atoms. The molecule has 1 aromatic heterocycles. The second kappa shape index (κ2) is 8.94. The number of fused-ring (bicyclic) bond motifs is 1. The quantitative estimate of drug-likeness (QED) is 0.345. The number of carbonyl (C=O) groups is 1. The van der Waals surface area contributed by atoms with Crippen LogP contribution in [0.3, 0.4) is 0 Å². The van der Waals surface area contributed by atoms with Gasteiger partial charge in [0.2, 0.25) is 0 Å². The molecule has 0 aliphatic carbocycles. The summed E-state index contributed by atoms with van der Waals surface area (Å²) in [5.74, 6) is -1.19. The minimum absolute atomic E-state index is 0.314. The number of rotatable bonds is 7. The molecule has 4 rings (SSSR count). The summed E-state index contributed by atoms with van der Waals surface area (Å²) in [6.07, 6.45) is 0.318. The monoisotopic (exact) mass is 439 g/mol. The zero-order valence-electron chi connectivity index (χ0n) is 16.0. The van der Waals surface area contributed by atoms with E-state index in [1.807, 2.05) is 60.7 Å². The zero-order valence-corrected chi connectivity index (χ0v) is 17.5. The lowest BCUT2D eigenvalue weighted by atomic mass is 10.2. The van der Waals surface area contributed by atoms with Crippen LogP contribution in [0.2, 0.25) is 5.02 Å². The predicted octanol–water partition coefficient (Wildman–Crippen LogP) is 6.27. The Bertz CT molecular complexity index is 1180. The highest BCUT2D eigenvalue weighted by Gasteiger charge is 2.22. The van der Waals surface area contributed by atoms with Crippen LogP contribution in [-0.2, 0) is 17.8 Å². The Morgan fingerprint density at radius 3 is 2.47 bits per heavy atom. The third-order valence-electron chi connectivity index (χ3n) is 4.89. The fraction of sp³-hybridized carbons (Fsp3) is 0.125. The maximum atomic E-state index is 13.8. The largest absolute Gasteiger partial charge is 0.480 e. The molecule has 152 valence electrons. The van der Waals surface area contributed by atoms with E-state index in [0.29, 0.717) is 18.0 Å². The van der Waals surface area contributed by atoms with E-state index in [1.54, 1.807) is 6.07 Å². The van der Waals surface area contributed by atoms with E-state index >= 15 is 0 Å². The van der Waals surface area contributed by atoms with Gasteiger partial charge in [-0.15, -0.1) is 11.8 Å². The number of hydrogen-bond acceptors (Lipinski definition) is 2. The van der Waals surface area contributed by atoms with Crippen molar-refractivity contribution in [3.8, 4) is 0 Å². The number of carboxylic acids is 1. The van der Waals surface area contributed by atoms with Crippen LogP contribution in [0.5, 0.6) is 0 Å². The molecule has 30 heavy (non-hydrogen) atoms. The first-order valence-corrected chi connectivity index (χ1v) is 10.7. The van der Waals surface area contributed by atoms with Gasteiger partial charge in [0.1, 0.15) is 11.1 Å². The summed E-state index contributed by atoms with van der Waals surface area (Å²) in [6, 6.07) is 23.6. The standard InChI is InChI=1S/C24H19ClFNO2S/c25-18-8-6-16(7-9-18)15-27-20(13-17-12-19(26)10-11-22(17)27)14-23(24(28)29)30-21-4-2-1-3-5-21/h1-13,23H,14-15H2,(H,28,29).